The first-order valence-electron chi connectivity index (χ1n) is 7.02. The van der Waals surface area contributed by atoms with Gasteiger partial charge in [-0.15, -0.1) is 0 Å². The van der Waals surface area contributed by atoms with Crippen LogP contribution in [0.15, 0.2) is 12.1 Å². The van der Waals surface area contributed by atoms with Gasteiger partial charge in [0.2, 0.25) is 0 Å². The molecule has 0 radical (unpaired) electrons. The second-order valence-corrected chi connectivity index (χ2v) is 5.72. The maximum atomic E-state index is 13.9. The highest BCUT2D eigenvalue weighted by Crippen LogP contribution is 2.33. The lowest BCUT2D eigenvalue weighted by Gasteiger charge is -2.17. The topological polar surface area (TPSA) is 20.2 Å². The fraction of sp³-hybridized carbons (Fsp3) is 0.625. The lowest BCUT2D eigenvalue weighted by molar-refractivity contribution is 0.152. The Balaban J connectivity index is 2.01. The van der Waals surface area contributed by atoms with Gasteiger partial charge in [0.05, 0.1) is 6.10 Å². The molecule has 1 aliphatic carbocycles. The molecular formula is C16H23FO. The van der Waals surface area contributed by atoms with Crippen LogP contribution >= 0.6 is 0 Å². The van der Waals surface area contributed by atoms with E-state index in [0.717, 1.165) is 23.5 Å². The Hall–Kier alpha value is -0.890. The minimum Gasteiger partial charge on any atom is -0.388 e. The fourth-order valence-electron chi connectivity index (χ4n) is 3.19. The summed E-state index contributed by atoms with van der Waals surface area (Å²) in [6.45, 7) is 3.76. The van der Waals surface area contributed by atoms with Crippen molar-refractivity contribution in [1.82, 2.24) is 0 Å². The normalized spacial score (nSPS) is 18.2. The number of aliphatic hydroxyl groups excluding tert-OH is 1. The molecule has 2 rings (SSSR count). The molecule has 1 atom stereocenters. The zero-order chi connectivity index (χ0) is 13.1. The predicted octanol–water partition coefficient (Wildman–Crippen LogP) is 4.45. The van der Waals surface area contributed by atoms with Gasteiger partial charge >= 0.3 is 0 Å². The van der Waals surface area contributed by atoms with Gasteiger partial charge in [0.25, 0.3) is 0 Å². The first-order valence-corrected chi connectivity index (χ1v) is 7.02. The van der Waals surface area contributed by atoms with Crippen molar-refractivity contribution in [1.29, 1.82) is 0 Å². The second-order valence-electron chi connectivity index (χ2n) is 5.72. The smallest absolute Gasteiger partial charge is 0.129 e. The zero-order valence-electron chi connectivity index (χ0n) is 11.4. The molecule has 100 valence electrons. The van der Waals surface area contributed by atoms with Crippen LogP contribution in [0.4, 0.5) is 4.39 Å². The van der Waals surface area contributed by atoms with Crippen molar-refractivity contribution in [2.24, 2.45) is 5.92 Å². The molecule has 18 heavy (non-hydrogen) atoms. The van der Waals surface area contributed by atoms with Crippen LogP contribution in [0.25, 0.3) is 0 Å². The van der Waals surface area contributed by atoms with Crippen LogP contribution in [-0.4, -0.2) is 5.11 Å². The molecule has 1 fully saturated rings. The van der Waals surface area contributed by atoms with Crippen LogP contribution in [0.3, 0.4) is 0 Å². The summed E-state index contributed by atoms with van der Waals surface area (Å²) in [6, 6.07) is 3.46. The molecule has 1 aliphatic rings. The summed E-state index contributed by atoms with van der Waals surface area (Å²) < 4.78 is 13.9. The summed E-state index contributed by atoms with van der Waals surface area (Å²) in [5.41, 5.74) is 2.28. The molecule has 1 N–H and O–H groups in total. The Morgan fingerprint density at radius 1 is 1.28 bits per heavy atom. The van der Waals surface area contributed by atoms with Crippen molar-refractivity contribution < 1.29 is 9.50 Å². The molecule has 0 heterocycles. The highest BCUT2D eigenvalue weighted by molar-refractivity contribution is 5.33. The van der Waals surface area contributed by atoms with Crippen LogP contribution < -0.4 is 0 Å². The highest BCUT2D eigenvalue weighted by atomic mass is 19.1. The van der Waals surface area contributed by atoms with E-state index in [4.69, 9.17) is 0 Å². The van der Waals surface area contributed by atoms with Gasteiger partial charge in [0.1, 0.15) is 5.82 Å². The summed E-state index contributed by atoms with van der Waals surface area (Å²) in [4.78, 5) is 0. The fourth-order valence-corrected chi connectivity index (χ4v) is 3.19. The summed E-state index contributed by atoms with van der Waals surface area (Å²) in [6.07, 6.45) is 6.26. The van der Waals surface area contributed by atoms with Gasteiger partial charge in [-0.2, -0.15) is 0 Å². The Morgan fingerprint density at radius 2 is 1.94 bits per heavy atom. The maximum absolute atomic E-state index is 13.9. The third kappa shape index (κ3) is 3.11. The number of benzene rings is 1. The van der Waals surface area contributed by atoms with Crippen LogP contribution in [0.1, 0.15) is 61.3 Å². The first kappa shape index (κ1) is 13.5. The maximum Gasteiger partial charge on any atom is 0.129 e. The lowest BCUT2D eigenvalue weighted by atomic mass is 9.93. The van der Waals surface area contributed by atoms with Gasteiger partial charge < -0.3 is 5.11 Å². The molecule has 0 aromatic heterocycles. The van der Waals surface area contributed by atoms with Gasteiger partial charge in [-0.1, -0.05) is 31.7 Å². The molecule has 0 bridgehead atoms. The quantitative estimate of drug-likeness (QED) is 0.837. The molecular weight excluding hydrogens is 227 g/mol. The number of hydrogen-bond acceptors (Lipinski definition) is 1. The summed E-state index contributed by atoms with van der Waals surface area (Å²) in [5.74, 6) is 0.486. The van der Waals surface area contributed by atoms with E-state index < -0.39 is 6.10 Å². The van der Waals surface area contributed by atoms with Crippen LogP contribution in [0.2, 0.25) is 0 Å². The summed E-state index contributed by atoms with van der Waals surface area (Å²) in [5, 5.41) is 10.2. The Morgan fingerprint density at radius 3 is 2.56 bits per heavy atom. The number of hydrogen-bond donors (Lipinski definition) is 1. The number of rotatable bonds is 4. The van der Waals surface area contributed by atoms with E-state index >= 15 is 0 Å². The number of aryl methyl sites for hydroxylation is 2. The van der Waals surface area contributed by atoms with Gasteiger partial charge in [0, 0.05) is 5.56 Å². The van der Waals surface area contributed by atoms with Crippen molar-refractivity contribution in [3.8, 4) is 0 Å². The summed E-state index contributed by atoms with van der Waals surface area (Å²) in [7, 11) is 0. The monoisotopic (exact) mass is 250 g/mol. The SMILES string of the molecule is Cc1cc(C)c(C(O)CCC2CCCC2)c(F)c1. The first-order chi connectivity index (χ1) is 8.58. The van der Waals surface area contributed by atoms with Crippen molar-refractivity contribution in [2.45, 2.75) is 58.5 Å². The van der Waals surface area contributed by atoms with E-state index in [2.05, 4.69) is 0 Å². The third-order valence-electron chi connectivity index (χ3n) is 4.14. The molecule has 1 aromatic rings. The molecule has 0 saturated heterocycles. The van der Waals surface area contributed by atoms with Crippen LogP contribution in [-0.2, 0) is 0 Å². The van der Waals surface area contributed by atoms with E-state index in [9.17, 15) is 9.50 Å². The third-order valence-corrected chi connectivity index (χ3v) is 4.14. The zero-order valence-corrected chi connectivity index (χ0v) is 11.4. The molecule has 0 amide bonds. The average Bonchev–Trinajstić information content (AvgIpc) is 2.77. The molecule has 2 heteroatoms. The minimum atomic E-state index is -0.647. The predicted molar refractivity (Wildman–Crippen MR) is 72.0 cm³/mol. The highest BCUT2D eigenvalue weighted by Gasteiger charge is 2.20. The van der Waals surface area contributed by atoms with Crippen LogP contribution in [0.5, 0.6) is 0 Å². The van der Waals surface area contributed by atoms with E-state index in [1.807, 2.05) is 19.9 Å². The molecule has 1 saturated carbocycles. The Labute approximate surface area is 109 Å². The van der Waals surface area contributed by atoms with E-state index in [-0.39, 0.29) is 5.82 Å². The van der Waals surface area contributed by atoms with Gasteiger partial charge in [-0.05, 0) is 49.8 Å². The van der Waals surface area contributed by atoms with Gasteiger partial charge in [-0.3, -0.25) is 0 Å². The molecule has 0 spiro atoms. The molecule has 1 aromatic carbocycles. The molecule has 1 unspecified atom stereocenters. The largest absolute Gasteiger partial charge is 0.388 e. The van der Waals surface area contributed by atoms with Gasteiger partial charge in [0.15, 0.2) is 0 Å². The van der Waals surface area contributed by atoms with Crippen molar-refractivity contribution in [2.75, 3.05) is 0 Å². The number of aliphatic hydroxyl groups is 1. The van der Waals surface area contributed by atoms with Gasteiger partial charge in [-0.25, -0.2) is 4.39 Å². The lowest BCUT2D eigenvalue weighted by Crippen LogP contribution is -2.06. The van der Waals surface area contributed by atoms with Crippen molar-refractivity contribution in [3.05, 3.63) is 34.6 Å². The van der Waals surface area contributed by atoms with E-state index in [0.29, 0.717) is 12.0 Å². The van der Waals surface area contributed by atoms with Crippen molar-refractivity contribution >= 4 is 0 Å². The molecule has 1 nitrogen and oxygen atoms in total. The standard InChI is InChI=1S/C16H23FO/c1-11-9-12(2)16(14(17)10-11)15(18)8-7-13-5-3-4-6-13/h9-10,13,15,18H,3-8H2,1-2H3. The Kier molecular flexibility index (Phi) is 4.39. The summed E-state index contributed by atoms with van der Waals surface area (Å²) >= 11 is 0. The minimum absolute atomic E-state index is 0.258. The molecule has 0 aliphatic heterocycles. The van der Waals surface area contributed by atoms with E-state index in [1.54, 1.807) is 0 Å². The van der Waals surface area contributed by atoms with Crippen LogP contribution in [0, 0.1) is 25.6 Å². The van der Waals surface area contributed by atoms with Crippen molar-refractivity contribution in [3.63, 3.8) is 0 Å². The Bertz CT molecular complexity index is 385. The second kappa shape index (κ2) is 5.83. The van der Waals surface area contributed by atoms with E-state index in [1.165, 1.54) is 31.7 Å². The number of halogens is 1. The average molecular weight is 250 g/mol.